The molecule has 0 saturated carbocycles. The highest BCUT2D eigenvalue weighted by atomic mass is 16.3. The Labute approximate surface area is 118 Å². The molecule has 6 nitrogen and oxygen atoms in total. The van der Waals surface area contributed by atoms with Crippen LogP contribution >= 0.6 is 0 Å². The number of rotatable bonds is 1. The Morgan fingerprint density at radius 2 is 1.33 bits per heavy atom. The SMILES string of the molecule is O=C1C(=O)c2c(O)ccc(O)c2C(O)=C1[n+]1ccccc1. The van der Waals surface area contributed by atoms with E-state index in [0.717, 1.165) is 12.1 Å². The zero-order chi connectivity index (χ0) is 15.1. The molecule has 3 rings (SSSR count). The predicted octanol–water partition coefficient (Wildman–Crippen LogP) is 1.03. The van der Waals surface area contributed by atoms with Gasteiger partial charge in [-0.25, -0.2) is 0 Å². The maximum atomic E-state index is 12.2. The van der Waals surface area contributed by atoms with E-state index >= 15 is 0 Å². The van der Waals surface area contributed by atoms with Crippen molar-refractivity contribution in [1.29, 1.82) is 0 Å². The number of aromatic nitrogens is 1. The van der Waals surface area contributed by atoms with Gasteiger partial charge in [0.05, 0.1) is 11.1 Å². The molecular weight excluding hydrogens is 274 g/mol. The number of aliphatic hydroxyl groups is 1. The van der Waals surface area contributed by atoms with Crippen LogP contribution in [0.25, 0.3) is 11.5 Å². The topological polar surface area (TPSA) is 98.7 Å². The van der Waals surface area contributed by atoms with Crippen molar-refractivity contribution in [1.82, 2.24) is 0 Å². The summed E-state index contributed by atoms with van der Waals surface area (Å²) in [6, 6.07) is 7.18. The minimum absolute atomic E-state index is 0.244. The first-order valence-electron chi connectivity index (χ1n) is 6.06. The Morgan fingerprint density at radius 1 is 0.762 bits per heavy atom. The number of pyridine rings is 1. The molecule has 6 heteroatoms. The summed E-state index contributed by atoms with van der Waals surface area (Å²) >= 11 is 0. The Balaban J connectivity index is 2.38. The second-order valence-electron chi connectivity index (χ2n) is 4.49. The van der Waals surface area contributed by atoms with Crippen LogP contribution < -0.4 is 4.57 Å². The lowest BCUT2D eigenvalue weighted by molar-refractivity contribution is -0.577. The zero-order valence-electron chi connectivity index (χ0n) is 10.6. The Hall–Kier alpha value is -3.15. The molecule has 0 bridgehead atoms. The number of carbonyl (C=O) groups excluding carboxylic acids is 2. The molecule has 1 aromatic heterocycles. The van der Waals surface area contributed by atoms with Crippen LogP contribution in [0.2, 0.25) is 0 Å². The van der Waals surface area contributed by atoms with Gasteiger partial charge in [0, 0.05) is 12.1 Å². The highest BCUT2D eigenvalue weighted by molar-refractivity contribution is 6.59. The van der Waals surface area contributed by atoms with Crippen LogP contribution in [-0.2, 0) is 4.79 Å². The third-order valence-electron chi connectivity index (χ3n) is 3.24. The number of hydrogen-bond acceptors (Lipinski definition) is 5. The number of hydrogen-bond donors (Lipinski definition) is 3. The van der Waals surface area contributed by atoms with Gasteiger partial charge in [0.25, 0.3) is 0 Å². The van der Waals surface area contributed by atoms with Gasteiger partial charge < -0.3 is 15.3 Å². The van der Waals surface area contributed by atoms with Gasteiger partial charge in [-0.15, -0.1) is 0 Å². The lowest BCUT2D eigenvalue weighted by atomic mass is 9.90. The van der Waals surface area contributed by atoms with Gasteiger partial charge in [-0.3, -0.25) is 9.59 Å². The van der Waals surface area contributed by atoms with E-state index in [1.54, 1.807) is 18.2 Å². The largest absolute Gasteiger partial charge is 0.507 e. The predicted molar refractivity (Wildman–Crippen MR) is 71.5 cm³/mol. The standard InChI is InChI=1S/C15H9NO5/c17-8-4-5-9(18)11-10(8)13(19)12(15(21)14(11)20)16-6-2-1-3-7-16/h1-7H,(H2-,17,18,19,20,21)/p+1. The summed E-state index contributed by atoms with van der Waals surface area (Å²) in [5.74, 6) is -3.36. The van der Waals surface area contributed by atoms with Gasteiger partial charge in [0.1, 0.15) is 11.5 Å². The molecule has 1 heterocycles. The maximum Gasteiger partial charge on any atom is 0.305 e. The molecule has 0 aliphatic heterocycles. The lowest BCUT2D eigenvalue weighted by Gasteiger charge is -2.16. The molecule has 0 spiro atoms. The fraction of sp³-hybridized carbons (Fsp3) is 0. The number of phenolic OH excluding ortho intramolecular Hbond substituents is 2. The van der Waals surface area contributed by atoms with Crippen LogP contribution in [0.15, 0.2) is 42.7 Å². The highest BCUT2D eigenvalue weighted by Gasteiger charge is 2.42. The molecule has 104 valence electrons. The van der Waals surface area contributed by atoms with Crippen LogP contribution in [0.3, 0.4) is 0 Å². The molecule has 1 aliphatic rings. The highest BCUT2D eigenvalue weighted by Crippen LogP contribution is 2.38. The lowest BCUT2D eigenvalue weighted by Crippen LogP contribution is -2.41. The van der Waals surface area contributed by atoms with E-state index in [-0.39, 0.29) is 11.3 Å². The van der Waals surface area contributed by atoms with Gasteiger partial charge in [-0.2, -0.15) is 4.57 Å². The molecule has 0 fully saturated rings. The zero-order valence-corrected chi connectivity index (χ0v) is 10.6. The molecule has 0 amide bonds. The number of aromatic hydroxyl groups is 2. The van der Waals surface area contributed by atoms with Crippen LogP contribution in [0.4, 0.5) is 0 Å². The summed E-state index contributed by atoms with van der Waals surface area (Å²) in [7, 11) is 0. The van der Waals surface area contributed by atoms with Gasteiger partial charge in [-0.05, 0) is 12.1 Å². The van der Waals surface area contributed by atoms with Crippen LogP contribution in [-0.4, -0.2) is 26.9 Å². The molecule has 1 aliphatic carbocycles. The number of allylic oxidation sites excluding steroid dienone is 1. The minimum atomic E-state index is -0.984. The number of fused-ring (bicyclic) bond motifs is 1. The van der Waals surface area contributed by atoms with Gasteiger partial charge in [-0.1, -0.05) is 6.07 Å². The van der Waals surface area contributed by atoms with Crippen molar-refractivity contribution in [3.05, 3.63) is 53.9 Å². The molecule has 2 aromatic rings. The number of carbonyl (C=O) groups is 2. The summed E-state index contributed by atoms with van der Waals surface area (Å²) < 4.78 is 1.28. The van der Waals surface area contributed by atoms with E-state index in [0.29, 0.717) is 0 Å². The number of benzene rings is 1. The monoisotopic (exact) mass is 284 g/mol. The fourth-order valence-corrected chi connectivity index (χ4v) is 2.28. The molecule has 0 unspecified atom stereocenters. The Bertz CT molecular complexity index is 808. The number of Topliss-reactive ketones (excluding diaryl/α,β-unsaturated/α-hetero) is 2. The summed E-state index contributed by atoms with van der Waals surface area (Å²) in [6.07, 6.45) is 2.98. The van der Waals surface area contributed by atoms with Crippen molar-refractivity contribution >= 4 is 23.0 Å². The molecule has 0 atom stereocenters. The second-order valence-corrected chi connectivity index (χ2v) is 4.49. The van der Waals surface area contributed by atoms with Crippen LogP contribution in [0.5, 0.6) is 11.5 Å². The van der Waals surface area contributed by atoms with E-state index in [1.807, 2.05) is 0 Å². The van der Waals surface area contributed by atoms with Gasteiger partial charge >= 0.3 is 11.5 Å². The number of nitrogens with zero attached hydrogens (tertiary/aromatic N) is 1. The first kappa shape index (κ1) is 12.9. The Morgan fingerprint density at radius 3 is 1.95 bits per heavy atom. The third kappa shape index (κ3) is 1.77. The van der Waals surface area contributed by atoms with E-state index in [9.17, 15) is 24.9 Å². The van der Waals surface area contributed by atoms with Crippen molar-refractivity contribution in [3.8, 4) is 11.5 Å². The molecule has 3 N–H and O–H groups in total. The van der Waals surface area contributed by atoms with E-state index in [4.69, 9.17) is 0 Å². The summed E-state index contributed by atoms with van der Waals surface area (Å²) in [5, 5.41) is 29.8. The smallest absolute Gasteiger partial charge is 0.305 e. The maximum absolute atomic E-state index is 12.2. The van der Waals surface area contributed by atoms with Crippen LogP contribution in [0.1, 0.15) is 15.9 Å². The molecule has 21 heavy (non-hydrogen) atoms. The number of aliphatic hydroxyl groups excluding tert-OH is 1. The summed E-state index contributed by atoms with van der Waals surface area (Å²) in [4.78, 5) is 24.3. The summed E-state index contributed by atoms with van der Waals surface area (Å²) in [5.41, 5.74) is -0.905. The van der Waals surface area contributed by atoms with E-state index in [1.165, 1.54) is 17.0 Å². The normalized spacial score (nSPS) is 14.3. The quantitative estimate of drug-likeness (QED) is 0.413. The average Bonchev–Trinajstić information content (AvgIpc) is 2.48. The molecule has 0 radical (unpaired) electrons. The van der Waals surface area contributed by atoms with Crippen molar-refractivity contribution in [3.63, 3.8) is 0 Å². The second kappa shape index (κ2) is 4.45. The first-order chi connectivity index (χ1) is 10.0. The fourth-order valence-electron chi connectivity index (χ4n) is 2.28. The first-order valence-corrected chi connectivity index (χ1v) is 6.06. The van der Waals surface area contributed by atoms with E-state index in [2.05, 4.69) is 0 Å². The average molecular weight is 284 g/mol. The minimum Gasteiger partial charge on any atom is -0.507 e. The van der Waals surface area contributed by atoms with Crippen LogP contribution in [0, 0.1) is 0 Å². The number of phenols is 2. The van der Waals surface area contributed by atoms with Crippen molar-refractivity contribution < 1.29 is 29.5 Å². The van der Waals surface area contributed by atoms with Crippen molar-refractivity contribution in [2.24, 2.45) is 0 Å². The molecule has 1 aromatic carbocycles. The Kier molecular flexibility index (Phi) is 2.72. The van der Waals surface area contributed by atoms with E-state index < -0.39 is 34.4 Å². The third-order valence-corrected chi connectivity index (χ3v) is 3.24. The number of ketones is 2. The van der Waals surface area contributed by atoms with Gasteiger partial charge in [0.2, 0.25) is 11.5 Å². The molecule has 0 saturated heterocycles. The molecular formula is C15H10NO5+. The van der Waals surface area contributed by atoms with Crippen molar-refractivity contribution in [2.45, 2.75) is 0 Å². The summed E-state index contributed by atoms with van der Waals surface area (Å²) in [6.45, 7) is 0. The van der Waals surface area contributed by atoms with Crippen molar-refractivity contribution in [2.75, 3.05) is 0 Å². The van der Waals surface area contributed by atoms with Gasteiger partial charge in [0.15, 0.2) is 12.4 Å².